The molecule has 0 saturated heterocycles. The van der Waals surface area contributed by atoms with E-state index in [0.29, 0.717) is 13.2 Å². The summed E-state index contributed by atoms with van der Waals surface area (Å²) in [5.74, 6) is -1.02. The second-order valence-electron chi connectivity index (χ2n) is 7.20. The first kappa shape index (κ1) is 21.0. The molecule has 162 valence electrons. The van der Waals surface area contributed by atoms with Gasteiger partial charge in [0.2, 0.25) is 0 Å². The first-order valence-electron chi connectivity index (χ1n) is 9.95. The lowest BCUT2D eigenvalue weighted by molar-refractivity contribution is 0.0696. The van der Waals surface area contributed by atoms with Crippen molar-refractivity contribution in [3.8, 4) is 5.75 Å². The number of nitrogens with one attached hydrogen (secondary N) is 2. The fourth-order valence-corrected chi connectivity index (χ4v) is 3.27. The van der Waals surface area contributed by atoms with Gasteiger partial charge in [-0.1, -0.05) is 24.3 Å². The van der Waals surface area contributed by atoms with Crippen molar-refractivity contribution in [1.29, 1.82) is 0 Å². The monoisotopic (exact) mass is 432 g/mol. The fraction of sp³-hybridized carbons (Fsp3) is 0.174. The highest BCUT2D eigenvalue weighted by molar-refractivity contribution is 5.97. The highest BCUT2D eigenvalue weighted by Crippen LogP contribution is 2.25. The molecule has 0 fully saturated rings. The van der Waals surface area contributed by atoms with E-state index in [9.17, 15) is 14.4 Å². The van der Waals surface area contributed by atoms with Gasteiger partial charge in [-0.3, -0.25) is 9.59 Å². The number of hydrogen-bond donors (Lipinski definition) is 3. The van der Waals surface area contributed by atoms with Crippen molar-refractivity contribution in [2.45, 2.75) is 19.5 Å². The molecule has 2 amide bonds. The fourth-order valence-electron chi connectivity index (χ4n) is 3.27. The Morgan fingerprint density at radius 1 is 0.875 bits per heavy atom. The molecule has 0 unspecified atom stereocenters. The van der Waals surface area contributed by atoms with Crippen LogP contribution in [0, 0.1) is 0 Å². The molecule has 0 saturated carbocycles. The SMILES string of the molecule is O=C(O)c1ccc(CNC(=O)c2cc(C(=O)NCc3ccc4c(c3)CCO4)ncn2)cc1. The molecule has 32 heavy (non-hydrogen) atoms. The van der Waals surface area contributed by atoms with Gasteiger partial charge >= 0.3 is 5.97 Å². The summed E-state index contributed by atoms with van der Waals surface area (Å²) in [4.78, 5) is 43.7. The van der Waals surface area contributed by atoms with Crippen molar-refractivity contribution >= 4 is 17.8 Å². The van der Waals surface area contributed by atoms with E-state index >= 15 is 0 Å². The lowest BCUT2D eigenvalue weighted by Gasteiger charge is -2.08. The Kier molecular flexibility index (Phi) is 6.07. The highest BCUT2D eigenvalue weighted by atomic mass is 16.5. The van der Waals surface area contributed by atoms with E-state index in [4.69, 9.17) is 9.84 Å². The van der Waals surface area contributed by atoms with Crippen LogP contribution in [0.4, 0.5) is 0 Å². The third-order valence-corrected chi connectivity index (χ3v) is 4.99. The van der Waals surface area contributed by atoms with Gasteiger partial charge in [-0.25, -0.2) is 14.8 Å². The Balaban J connectivity index is 1.34. The summed E-state index contributed by atoms with van der Waals surface area (Å²) in [7, 11) is 0. The lowest BCUT2D eigenvalue weighted by atomic mass is 10.1. The molecule has 1 aliphatic rings. The molecule has 2 heterocycles. The molecule has 9 nitrogen and oxygen atoms in total. The molecule has 0 atom stereocenters. The van der Waals surface area contributed by atoms with E-state index in [2.05, 4.69) is 20.6 Å². The zero-order valence-electron chi connectivity index (χ0n) is 17.0. The Bertz CT molecular complexity index is 1180. The average molecular weight is 432 g/mol. The van der Waals surface area contributed by atoms with Gasteiger partial charge in [0.05, 0.1) is 12.2 Å². The summed E-state index contributed by atoms with van der Waals surface area (Å²) in [6.07, 6.45) is 2.02. The van der Waals surface area contributed by atoms with Crippen LogP contribution >= 0.6 is 0 Å². The predicted octanol–water partition coefficient (Wildman–Crippen LogP) is 1.97. The van der Waals surface area contributed by atoms with Gasteiger partial charge in [0.15, 0.2) is 0 Å². The number of hydrogen-bond acceptors (Lipinski definition) is 6. The van der Waals surface area contributed by atoms with Gasteiger partial charge < -0.3 is 20.5 Å². The van der Waals surface area contributed by atoms with Crippen molar-refractivity contribution < 1.29 is 24.2 Å². The van der Waals surface area contributed by atoms with Gasteiger partial charge in [0.1, 0.15) is 23.5 Å². The minimum Gasteiger partial charge on any atom is -0.493 e. The predicted molar refractivity (Wildman–Crippen MR) is 113 cm³/mol. The zero-order chi connectivity index (χ0) is 22.5. The summed E-state index contributed by atoms with van der Waals surface area (Å²) in [6.45, 7) is 1.18. The molecule has 0 bridgehead atoms. The van der Waals surface area contributed by atoms with Crippen LogP contribution in [0.1, 0.15) is 48.0 Å². The van der Waals surface area contributed by atoms with E-state index in [-0.39, 0.29) is 23.5 Å². The minimum atomic E-state index is -1.02. The number of ether oxygens (including phenoxy) is 1. The topological polar surface area (TPSA) is 131 Å². The molecule has 1 aromatic heterocycles. The molecule has 0 aliphatic carbocycles. The Hall–Kier alpha value is -4.27. The first-order chi connectivity index (χ1) is 15.5. The van der Waals surface area contributed by atoms with Crippen molar-refractivity contribution in [1.82, 2.24) is 20.6 Å². The molecule has 0 spiro atoms. The molecular formula is C23H20N4O5. The maximum atomic E-state index is 12.5. The van der Waals surface area contributed by atoms with Gasteiger partial charge in [0, 0.05) is 25.6 Å². The minimum absolute atomic E-state index is 0.0574. The number of benzene rings is 2. The molecule has 1 aliphatic heterocycles. The van der Waals surface area contributed by atoms with E-state index in [1.165, 1.54) is 18.2 Å². The molecule has 3 aromatic rings. The standard InChI is InChI=1S/C23H20N4O5/c28-21(24-11-14-1-4-16(5-2-14)23(30)31)18-10-19(27-13-26-18)22(29)25-12-15-3-6-20-17(9-15)7-8-32-20/h1-6,9-10,13H,7-8,11-12H2,(H,24,28)(H,25,29)(H,30,31). The summed E-state index contributed by atoms with van der Waals surface area (Å²) in [5, 5.41) is 14.4. The molecular weight excluding hydrogens is 412 g/mol. The highest BCUT2D eigenvalue weighted by Gasteiger charge is 2.15. The molecule has 2 aromatic carbocycles. The third-order valence-electron chi connectivity index (χ3n) is 4.99. The summed E-state index contributed by atoms with van der Waals surface area (Å²) in [6, 6.07) is 13.3. The van der Waals surface area contributed by atoms with Crippen LogP contribution in [-0.2, 0) is 19.5 Å². The van der Waals surface area contributed by atoms with Gasteiger partial charge in [0.25, 0.3) is 11.8 Å². The number of carbonyl (C=O) groups excluding carboxylic acids is 2. The van der Waals surface area contributed by atoms with Crippen LogP contribution in [0.2, 0.25) is 0 Å². The normalized spacial score (nSPS) is 11.9. The molecule has 9 heteroatoms. The second kappa shape index (κ2) is 9.25. The van der Waals surface area contributed by atoms with Crippen LogP contribution in [0.15, 0.2) is 54.9 Å². The molecule has 0 radical (unpaired) electrons. The summed E-state index contributed by atoms with van der Waals surface area (Å²) < 4.78 is 5.48. The van der Waals surface area contributed by atoms with Gasteiger partial charge in [-0.15, -0.1) is 0 Å². The van der Waals surface area contributed by atoms with Crippen LogP contribution in [-0.4, -0.2) is 39.5 Å². The number of aromatic carboxylic acids is 1. The number of aromatic nitrogens is 2. The van der Waals surface area contributed by atoms with Crippen molar-refractivity contribution in [3.05, 3.63) is 88.5 Å². The number of carboxylic acids is 1. The van der Waals surface area contributed by atoms with E-state index < -0.39 is 17.8 Å². The quantitative estimate of drug-likeness (QED) is 0.520. The van der Waals surface area contributed by atoms with E-state index in [1.807, 2.05) is 18.2 Å². The van der Waals surface area contributed by atoms with Gasteiger partial charge in [-0.2, -0.15) is 0 Å². The number of carbonyl (C=O) groups is 3. The van der Waals surface area contributed by atoms with E-state index in [0.717, 1.165) is 35.2 Å². The first-order valence-corrected chi connectivity index (χ1v) is 9.95. The van der Waals surface area contributed by atoms with Crippen LogP contribution in [0.25, 0.3) is 0 Å². The van der Waals surface area contributed by atoms with Crippen LogP contribution < -0.4 is 15.4 Å². The Morgan fingerprint density at radius 3 is 2.16 bits per heavy atom. The maximum Gasteiger partial charge on any atom is 0.335 e. The number of amides is 2. The smallest absolute Gasteiger partial charge is 0.335 e. The average Bonchev–Trinajstić information content (AvgIpc) is 3.29. The number of fused-ring (bicyclic) bond motifs is 1. The third kappa shape index (κ3) is 4.89. The Morgan fingerprint density at radius 2 is 1.50 bits per heavy atom. The maximum absolute atomic E-state index is 12.5. The zero-order valence-corrected chi connectivity index (χ0v) is 17.0. The number of rotatable bonds is 7. The van der Waals surface area contributed by atoms with Crippen molar-refractivity contribution in [3.63, 3.8) is 0 Å². The van der Waals surface area contributed by atoms with Crippen LogP contribution in [0.5, 0.6) is 5.75 Å². The van der Waals surface area contributed by atoms with Gasteiger partial charge in [-0.05, 0) is 34.9 Å². The van der Waals surface area contributed by atoms with Crippen molar-refractivity contribution in [2.75, 3.05) is 6.61 Å². The van der Waals surface area contributed by atoms with Crippen molar-refractivity contribution in [2.24, 2.45) is 0 Å². The largest absolute Gasteiger partial charge is 0.493 e. The molecule has 3 N–H and O–H groups in total. The van der Waals surface area contributed by atoms with Crippen LogP contribution in [0.3, 0.4) is 0 Å². The summed E-state index contributed by atoms with van der Waals surface area (Å²) >= 11 is 0. The summed E-state index contributed by atoms with van der Waals surface area (Å²) in [5.41, 5.74) is 3.11. The van der Waals surface area contributed by atoms with E-state index in [1.54, 1.807) is 12.1 Å². The Labute approximate surface area is 183 Å². The number of carboxylic acid groups (broad SMARTS) is 1. The second-order valence-corrected chi connectivity index (χ2v) is 7.20. The molecule has 4 rings (SSSR count). The number of nitrogens with zero attached hydrogens (tertiary/aromatic N) is 2. The lowest BCUT2D eigenvalue weighted by Crippen LogP contribution is -2.27.